The summed E-state index contributed by atoms with van der Waals surface area (Å²) in [6.07, 6.45) is 5.24. The lowest BCUT2D eigenvalue weighted by atomic mass is 9.75. The molecule has 1 aliphatic rings. The smallest absolute Gasteiger partial charge is 0.0841 e. The van der Waals surface area contributed by atoms with Gasteiger partial charge in [0.15, 0.2) is 0 Å². The van der Waals surface area contributed by atoms with E-state index in [2.05, 4.69) is 55.0 Å². The number of fused-ring (bicyclic) bond motifs is 1. The van der Waals surface area contributed by atoms with E-state index in [1.54, 1.807) is 0 Å². The zero-order chi connectivity index (χ0) is 14.9. The molecule has 3 rings (SSSR count). The predicted octanol–water partition coefficient (Wildman–Crippen LogP) is 4.11. The molecule has 0 unspecified atom stereocenters. The van der Waals surface area contributed by atoms with Crippen LogP contribution in [0.3, 0.4) is 0 Å². The Morgan fingerprint density at radius 3 is 2.67 bits per heavy atom. The van der Waals surface area contributed by atoms with Crippen molar-refractivity contribution in [3.8, 4) is 0 Å². The lowest BCUT2D eigenvalue weighted by Gasteiger charge is -2.34. The Labute approximate surface area is 127 Å². The van der Waals surface area contributed by atoms with Crippen LogP contribution in [0.4, 0.5) is 0 Å². The van der Waals surface area contributed by atoms with Crippen LogP contribution in [-0.2, 0) is 13.1 Å². The highest BCUT2D eigenvalue weighted by molar-refractivity contribution is 5.81. The fourth-order valence-corrected chi connectivity index (χ4v) is 3.41. The molecular formula is C18H27N3. The minimum Gasteiger partial charge on any atom is -0.308 e. The van der Waals surface area contributed by atoms with Crippen LogP contribution in [0, 0.1) is 5.41 Å². The molecule has 0 radical (unpaired) electrons. The normalized spacial score (nSPS) is 19.2. The Morgan fingerprint density at radius 1 is 1.24 bits per heavy atom. The lowest BCUT2D eigenvalue weighted by Crippen LogP contribution is -2.35. The van der Waals surface area contributed by atoms with Gasteiger partial charge in [0.1, 0.15) is 0 Å². The molecule has 1 saturated carbocycles. The first kappa shape index (κ1) is 14.6. The molecule has 3 nitrogen and oxygen atoms in total. The second kappa shape index (κ2) is 5.80. The molecule has 0 saturated heterocycles. The van der Waals surface area contributed by atoms with E-state index in [4.69, 9.17) is 5.10 Å². The van der Waals surface area contributed by atoms with Crippen LogP contribution in [0.2, 0.25) is 0 Å². The van der Waals surface area contributed by atoms with E-state index in [1.807, 2.05) is 0 Å². The summed E-state index contributed by atoms with van der Waals surface area (Å²) in [7, 11) is 0. The number of aryl methyl sites for hydroxylation is 1. The van der Waals surface area contributed by atoms with Gasteiger partial charge >= 0.3 is 0 Å². The van der Waals surface area contributed by atoms with Crippen LogP contribution >= 0.6 is 0 Å². The SMILES string of the molecule is CCn1nc(CNC2CCC(C)(C)CC2)c2ccccc21. The molecule has 0 bridgehead atoms. The van der Waals surface area contributed by atoms with Gasteiger partial charge in [0.25, 0.3) is 0 Å². The van der Waals surface area contributed by atoms with Gasteiger partial charge in [-0.15, -0.1) is 0 Å². The minimum atomic E-state index is 0.536. The third-order valence-corrected chi connectivity index (χ3v) is 4.93. The number of hydrogen-bond donors (Lipinski definition) is 1. The van der Waals surface area contributed by atoms with Crippen LogP contribution in [0.15, 0.2) is 24.3 Å². The Bertz CT molecular complexity index is 602. The highest BCUT2D eigenvalue weighted by atomic mass is 15.3. The summed E-state index contributed by atoms with van der Waals surface area (Å²) in [6.45, 7) is 8.75. The van der Waals surface area contributed by atoms with E-state index in [0.717, 1.165) is 13.1 Å². The molecular weight excluding hydrogens is 258 g/mol. The number of para-hydroxylation sites is 1. The second-order valence-corrected chi connectivity index (χ2v) is 7.10. The summed E-state index contributed by atoms with van der Waals surface area (Å²) in [6, 6.07) is 9.21. The van der Waals surface area contributed by atoms with E-state index in [-0.39, 0.29) is 0 Å². The number of rotatable bonds is 4. The van der Waals surface area contributed by atoms with Crippen LogP contribution < -0.4 is 5.32 Å². The van der Waals surface area contributed by atoms with Gasteiger partial charge in [-0.25, -0.2) is 0 Å². The van der Waals surface area contributed by atoms with Crippen molar-refractivity contribution in [2.45, 2.75) is 65.6 Å². The number of nitrogens with zero attached hydrogens (tertiary/aromatic N) is 2. The van der Waals surface area contributed by atoms with Crippen molar-refractivity contribution < 1.29 is 0 Å². The van der Waals surface area contributed by atoms with Gasteiger partial charge in [-0.3, -0.25) is 4.68 Å². The molecule has 0 atom stereocenters. The average Bonchev–Trinajstić information content (AvgIpc) is 2.84. The van der Waals surface area contributed by atoms with E-state index in [1.165, 1.54) is 42.3 Å². The molecule has 1 aromatic carbocycles. The maximum absolute atomic E-state index is 4.77. The summed E-state index contributed by atoms with van der Waals surface area (Å²) in [4.78, 5) is 0. The fourth-order valence-electron chi connectivity index (χ4n) is 3.41. The third-order valence-electron chi connectivity index (χ3n) is 4.93. The molecule has 1 heterocycles. The van der Waals surface area contributed by atoms with E-state index in [0.29, 0.717) is 11.5 Å². The maximum Gasteiger partial charge on any atom is 0.0841 e. The Kier molecular flexibility index (Phi) is 4.03. The van der Waals surface area contributed by atoms with Gasteiger partial charge in [-0.2, -0.15) is 5.10 Å². The highest BCUT2D eigenvalue weighted by Gasteiger charge is 2.26. The van der Waals surface area contributed by atoms with Crippen LogP contribution in [-0.4, -0.2) is 15.8 Å². The standard InChI is InChI=1S/C18H27N3/c1-4-21-17-8-6-5-7-15(17)16(20-21)13-19-14-9-11-18(2,3)12-10-14/h5-8,14,19H,4,9-13H2,1-3H3. The first-order chi connectivity index (χ1) is 10.1. The molecule has 3 heteroatoms. The molecule has 0 spiro atoms. The minimum absolute atomic E-state index is 0.536. The van der Waals surface area contributed by atoms with Crippen molar-refractivity contribution in [3.05, 3.63) is 30.0 Å². The zero-order valence-corrected chi connectivity index (χ0v) is 13.5. The predicted molar refractivity (Wildman–Crippen MR) is 88.3 cm³/mol. The summed E-state index contributed by atoms with van der Waals surface area (Å²) in [5, 5.41) is 9.80. The van der Waals surface area contributed by atoms with E-state index < -0.39 is 0 Å². The quantitative estimate of drug-likeness (QED) is 0.916. The fraction of sp³-hybridized carbons (Fsp3) is 0.611. The number of benzene rings is 1. The van der Waals surface area contributed by atoms with Gasteiger partial charge in [0.05, 0.1) is 11.2 Å². The van der Waals surface area contributed by atoms with Crippen molar-refractivity contribution in [1.82, 2.24) is 15.1 Å². The van der Waals surface area contributed by atoms with Crippen molar-refractivity contribution in [3.63, 3.8) is 0 Å². The molecule has 1 N–H and O–H groups in total. The van der Waals surface area contributed by atoms with Crippen molar-refractivity contribution in [1.29, 1.82) is 0 Å². The molecule has 0 amide bonds. The molecule has 1 aromatic heterocycles. The first-order valence-electron chi connectivity index (χ1n) is 8.27. The van der Waals surface area contributed by atoms with Crippen LogP contribution in [0.25, 0.3) is 10.9 Å². The second-order valence-electron chi connectivity index (χ2n) is 7.10. The van der Waals surface area contributed by atoms with E-state index in [9.17, 15) is 0 Å². The first-order valence-corrected chi connectivity index (χ1v) is 8.27. The number of nitrogens with one attached hydrogen (secondary N) is 1. The van der Waals surface area contributed by atoms with Crippen molar-refractivity contribution >= 4 is 10.9 Å². The Balaban J connectivity index is 1.69. The largest absolute Gasteiger partial charge is 0.308 e. The molecule has 2 aromatic rings. The lowest BCUT2D eigenvalue weighted by molar-refractivity contribution is 0.206. The van der Waals surface area contributed by atoms with Gasteiger partial charge in [-0.05, 0) is 44.1 Å². The Hall–Kier alpha value is -1.35. The van der Waals surface area contributed by atoms with Gasteiger partial charge < -0.3 is 5.32 Å². The molecule has 114 valence electrons. The Morgan fingerprint density at radius 2 is 1.95 bits per heavy atom. The van der Waals surface area contributed by atoms with Crippen LogP contribution in [0.5, 0.6) is 0 Å². The molecule has 1 fully saturated rings. The summed E-state index contributed by atoms with van der Waals surface area (Å²) in [5.74, 6) is 0. The topological polar surface area (TPSA) is 29.9 Å². The van der Waals surface area contributed by atoms with Gasteiger partial charge in [0, 0.05) is 24.5 Å². The molecule has 1 aliphatic carbocycles. The highest BCUT2D eigenvalue weighted by Crippen LogP contribution is 2.35. The maximum atomic E-state index is 4.77. The van der Waals surface area contributed by atoms with Crippen molar-refractivity contribution in [2.75, 3.05) is 0 Å². The molecule has 21 heavy (non-hydrogen) atoms. The number of aromatic nitrogens is 2. The van der Waals surface area contributed by atoms with E-state index >= 15 is 0 Å². The summed E-state index contributed by atoms with van der Waals surface area (Å²) in [5.41, 5.74) is 2.98. The monoisotopic (exact) mass is 285 g/mol. The summed E-state index contributed by atoms with van der Waals surface area (Å²) < 4.78 is 2.11. The third kappa shape index (κ3) is 3.13. The van der Waals surface area contributed by atoms with Crippen molar-refractivity contribution in [2.24, 2.45) is 5.41 Å². The van der Waals surface area contributed by atoms with Gasteiger partial charge in [0.2, 0.25) is 0 Å². The summed E-state index contributed by atoms with van der Waals surface area (Å²) >= 11 is 0. The van der Waals surface area contributed by atoms with Gasteiger partial charge in [-0.1, -0.05) is 32.0 Å². The van der Waals surface area contributed by atoms with Crippen LogP contribution in [0.1, 0.15) is 52.1 Å². The zero-order valence-electron chi connectivity index (χ0n) is 13.5. The average molecular weight is 285 g/mol. The number of hydrogen-bond acceptors (Lipinski definition) is 2. The molecule has 0 aliphatic heterocycles.